The maximum absolute atomic E-state index is 2.30. The molecule has 15 heavy (non-hydrogen) atoms. The average molecular weight is 214 g/mol. The Morgan fingerprint density at radius 1 is 0.667 bits per heavy atom. The van der Waals surface area contributed by atoms with Crippen molar-refractivity contribution in [1.82, 2.24) is 0 Å². The van der Waals surface area contributed by atoms with Crippen molar-refractivity contribution in [3.05, 3.63) is 0 Å². The Balaban J connectivity index is 0. The van der Waals surface area contributed by atoms with Crippen LogP contribution in [0.25, 0.3) is 0 Å². The van der Waals surface area contributed by atoms with Gasteiger partial charge in [0.1, 0.15) is 0 Å². The Labute approximate surface area is 98.9 Å². The molecule has 0 aromatic heterocycles. The predicted molar refractivity (Wildman–Crippen MR) is 73.3 cm³/mol. The lowest BCUT2D eigenvalue weighted by molar-refractivity contribution is 0.240. The first-order valence-electron chi connectivity index (χ1n) is 7.05. The van der Waals surface area contributed by atoms with E-state index in [0.29, 0.717) is 5.41 Å². The highest BCUT2D eigenvalue weighted by molar-refractivity contribution is 4.72. The lowest BCUT2D eigenvalue weighted by Crippen LogP contribution is -2.15. The molecule has 0 saturated heterocycles. The largest absolute Gasteiger partial charge is 0.0651 e. The Bertz CT molecular complexity index is 89.7. The van der Waals surface area contributed by atoms with Crippen molar-refractivity contribution in [2.75, 3.05) is 0 Å². The zero-order chi connectivity index (χ0) is 12.3. The maximum Gasteiger partial charge on any atom is -0.0308 e. The normalized spacial score (nSPS) is 11.2. The number of hydrogen-bond donors (Lipinski definition) is 0. The van der Waals surface area contributed by atoms with Gasteiger partial charge in [-0.2, -0.15) is 0 Å². The smallest absolute Gasteiger partial charge is 0.0308 e. The highest BCUT2D eigenvalue weighted by Crippen LogP contribution is 2.33. The highest BCUT2D eigenvalue weighted by atomic mass is 14.3. The van der Waals surface area contributed by atoms with Gasteiger partial charge in [-0.05, 0) is 11.3 Å². The second-order valence-corrected chi connectivity index (χ2v) is 4.84. The monoisotopic (exact) mass is 214 g/mol. The van der Waals surface area contributed by atoms with E-state index < -0.39 is 0 Å². The molecule has 0 saturated carbocycles. The molecular formula is C15H34. The lowest BCUT2D eigenvalue weighted by atomic mass is 9.78. The fraction of sp³-hybridized carbons (Fsp3) is 1.00. The number of rotatable bonds is 6. The third-order valence-electron chi connectivity index (χ3n) is 4.39. The summed E-state index contributed by atoms with van der Waals surface area (Å²) >= 11 is 0. The minimum atomic E-state index is 0.667. The van der Waals surface area contributed by atoms with Gasteiger partial charge >= 0.3 is 0 Å². The van der Waals surface area contributed by atoms with Gasteiger partial charge in [0.05, 0.1) is 0 Å². The molecule has 0 nitrogen and oxygen atoms in total. The van der Waals surface area contributed by atoms with Crippen LogP contribution in [0, 0.1) is 11.3 Å². The fourth-order valence-electron chi connectivity index (χ4n) is 1.79. The summed E-state index contributed by atoms with van der Waals surface area (Å²) in [4.78, 5) is 0. The minimum Gasteiger partial charge on any atom is -0.0651 e. The molecule has 0 heteroatoms. The van der Waals surface area contributed by atoms with Gasteiger partial charge in [-0.1, -0.05) is 87.0 Å². The van der Waals surface area contributed by atoms with Crippen LogP contribution in [-0.4, -0.2) is 0 Å². The maximum atomic E-state index is 2.30. The number of hydrogen-bond acceptors (Lipinski definition) is 0. The molecule has 0 N–H and O–H groups in total. The van der Waals surface area contributed by atoms with Gasteiger partial charge in [-0.15, -0.1) is 0 Å². The van der Waals surface area contributed by atoms with E-state index in [9.17, 15) is 0 Å². The zero-order valence-corrected chi connectivity index (χ0v) is 12.3. The van der Waals surface area contributed by atoms with Gasteiger partial charge in [0, 0.05) is 0 Å². The summed E-state index contributed by atoms with van der Waals surface area (Å²) in [5, 5.41) is 0. The molecule has 0 rings (SSSR count). The van der Waals surface area contributed by atoms with Crippen molar-refractivity contribution in [1.29, 1.82) is 0 Å². The topological polar surface area (TPSA) is 0 Å². The Kier molecular flexibility index (Phi) is 12.2. The van der Waals surface area contributed by atoms with Gasteiger partial charge in [0.2, 0.25) is 0 Å². The molecule has 94 valence electrons. The van der Waals surface area contributed by atoms with Crippen LogP contribution in [0.1, 0.15) is 87.0 Å². The summed E-state index contributed by atoms with van der Waals surface area (Å²) in [5.41, 5.74) is 0.667. The predicted octanol–water partition coefficient (Wildman–Crippen LogP) is 6.06. The first-order valence-corrected chi connectivity index (χ1v) is 7.05. The third-order valence-corrected chi connectivity index (χ3v) is 4.39. The van der Waals surface area contributed by atoms with Crippen molar-refractivity contribution in [3.8, 4) is 0 Å². The first kappa shape index (κ1) is 17.4. The zero-order valence-electron chi connectivity index (χ0n) is 12.3. The Morgan fingerprint density at radius 2 is 0.933 bits per heavy atom. The van der Waals surface area contributed by atoms with Crippen LogP contribution < -0.4 is 0 Å². The van der Waals surface area contributed by atoms with E-state index >= 15 is 0 Å². The molecule has 0 aliphatic carbocycles. The summed E-state index contributed by atoms with van der Waals surface area (Å²) in [6.07, 6.45) is 8.03. The van der Waals surface area contributed by atoms with E-state index in [1.165, 1.54) is 38.5 Å². The Hall–Kier alpha value is 0. The molecule has 0 fully saturated rings. The molecule has 0 aliphatic rings. The summed E-state index contributed by atoms with van der Waals surface area (Å²) in [5.74, 6) is 0.935. The van der Waals surface area contributed by atoms with Crippen LogP contribution in [-0.2, 0) is 0 Å². The van der Waals surface area contributed by atoms with E-state index in [1.807, 2.05) is 0 Å². The molecule has 0 aromatic carbocycles. The van der Waals surface area contributed by atoms with Gasteiger partial charge in [-0.25, -0.2) is 0 Å². The molecule has 0 bridgehead atoms. The van der Waals surface area contributed by atoms with Crippen LogP contribution in [0.4, 0.5) is 0 Å². The highest BCUT2D eigenvalue weighted by Gasteiger charge is 2.20. The Morgan fingerprint density at radius 3 is 0.933 bits per heavy atom. The first-order chi connectivity index (χ1) is 7.05. The molecule has 0 unspecified atom stereocenters. The second kappa shape index (κ2) is 10.5. The minimum absolute atomic E-state index is 0.667. The summed E-state index contributed by atoms with van der Waals surface area (Å²) < 4.78 is 0. The van der Waals surface area contributed by atoms with Crippen molar-refractivity contribution in [3.63, 3.8) is 0 Å². The second-order valence-electron chi connectivity index (χ2n) is 4.84. The van der Waals surface area contributed by atoms with Crippen LogP contribution in [0.3, 0.4) is 0 Å². The summed E-state index contributed by atoms with van der Waals surface area (Å²) in [6, 6.07) is 0. The molecule has 0 heterocycles. The lowest BCUT2D eigenvalue weighted by Gasteiger charge is -2.28. The van der Waals surface area contributed by atoms with Crippen LogP contribution in [0.2, 0.25) is 0 Å². The van der Waals surface area contributed by atoms with E-state index in [0.717, 1.165) is 5.92 Å². The summed E-state index contributed by atoms with van der Waals surface area (Å²) in [6.45, 7) is 15.9. The quantitative estimate of drug-likeness (QED) is 0.504. The van der Waals surface area contributed by atoms with Gasteiger partial charge < -0.3 is 0 Å². The van der Waals surface area contributed by atoms with Crippen LogP contribution in [0.5, 0.6) is 0 Å². The molecule has 0 atom stereocenters. The average Bonchev–Trinajstić information content (AvgIpc) is 2.32. The standard InChI is InChI=1S/C9H20.C6H14/c1-5-9(6-2,7-3)8-4;1-4-6(3)5-2/h5-8H2,1-4H3;6H,4-5H2,1-3H3. The molecule has 0 radical (unpaired) electrons. The molecule has 0 amide bonds. The van der Waals surface area contributed by atoms with E-state index in [2.05, 4.69) is 48.5 Å². The van der Waals surface area contributed by atoms with E-state index in [4.69, 9.17) is 0 Å². The molecule has 0 aromatic rings. The van der Waals surface area contributed by atoms with Crippen molar-refractivity contribution >= 4 is 0 Å². The van der Waals surface area contributed by atoms with Crippen LogP contribution >= 0.6 is 0 Å². The van der Waals surface area contributed by atoms with Gasteiger partial charge in [-0.3, -0.25) is 0 Å². The third kappa shape index (κ3) is 7.88. The fourth-order valence-corrected chi connectivity index (χ4v) is 1.79. The molecule has 0 spiro atoms. The SMILES string of the molecule is CCC(C)CC.CCC(CC)(CC)CC. The van der Waals surface area contributed by atoms with Crippen molar-refractivity contribution in [2.45, 2.75) is 87.0 Å². The van der Waals surface area contributed by atoms with E-state index in [1.54, 1.807) is 0 Å². The van der Waals surface area contributed by atoms with Gasteiger partial charge in [0.15, 0.2) is 0 Å². The van der Waals surface area contributed by atoms with Crippen molar-refractivity contribution in [2.24, 2.45) is 11.3 Å². The summed E-state index contributed by atoms with van der Waals surface area (Å²) in [7, 11) is 0. The van der Waals surface area contributed by atoms with Gasteiger partial charge in [0.25, 0.3) is 0 Å². The molecule has 0 aliphatic heterocycles. The van der Waals surface area contributed by atoms with Crippen molar-refractivity contribution < 1.29 is 0 Å². The van der Waals surface area contributed by atoms with E-state index in [-0.39, 0.29) is 0 Å². The van der Waals surface area contributed by atoms with Crippen LogP contribution in [0.15, 0.2) is 0 Å². The molecular weight excluding hydrogens is 180 g/mol.